The van der Waals surface area contributed by atoms with Crippen LogP contribution in [0.1, 0.15) is 49.7 Å². The van der Waals surface area contributed by atoms with E-state index in [0.717, 1.165) is 25.7 Å². The Morgan fingerprint density at radius 1 is 0.946 bits per heavy atom. The van der Waals surface area contributed by atoms with Crippen LogP contribution < -0.4 is 5.32 Å². The van der Waals surface area contributed by atoms with Crippen LogP contribution in [0.25, 0.3) is 0 Å². The second kappa shape index (κ2) is 10.1. The molecule has 7 heteroatoms. The normalized spacial score (nSPS) is 25.1. The van der Waals surface area contributed by atoms with Gasteiger partial charge in [0.2, 0.25) is 0 Å². The highest BCUT2D eigenvalue weighted by molar-refractivity contribution is 7.91. The number of anilines is 1. The van der Waals surface area contributed by atoms with E-state index in [1.165, 1.54) is 11.1 Å². The number of carbonyl (C=O) groups is 1. The molecule has 0 amide bonds. The Morgan fingerprint density at radius 2 is 1.65 bits per heavy atom. The number of aliphatic carboxylic acids is 1. The summed E-state index contributed by atoms with van der Waals surface area (Å²) in [6.07, 6.45) is 4.73. The van der Waals surface area contributed by atoms with Gasteiger partial charge < -0.3 is 10.4 Å². The van der Waals surface area contributed by atoms with Gasteiger partial charge in [-0.05, 0) is 97.7 Å². The number of hydrogen-bond acceptors (Lipinski definition) is 4. The number of carboxylic acid groups (broad SMARTS) is 1. The number of rotatable bonds is 8. The van der Waals surface area contributed by atoms with Gasteiger partial charge in [-0.15, -0.1) is 0 Å². The van der Waals surface area contributed by atoms with Gasteiger partial charge in [0, 0.05) is 10.7 Å². The molecule has 2 aliphatic rings. The van der Waals surface area contributed by atoms with Gasteiger partial charge in [0.15, 0.2) is 9.84 Å². The minimum atomic E-state index is -3.33. The third kappa shape index (κ3) is 5.01. The van der Waals surface area contributed by atoms with E-state index in [9.17, 15) is 18.3 Å². The fourth-order valence-corrected chi connectivity index (χ4v) is 8.09. The van der Waals surface area contributed by atoms with Gasteiger partial charge in [-0.1, -0.05) is 60.1 Å². The lowest BCUT2D eigenvalue weighted by atomic mass is 9.60. The fraction of sp³-hybridized carbons (Fsp3) is 0.367. The quantitative estimate of drug-likeness (QED) is 0.342. The third-order valence-electron chi connectivity index (χ3n) is 8.48. The molecule has 194 valence electrons. The van der Waals surface area contributed by atoms with Gasteiger partial charge in [-0.3, -0.25) is 0 Å². The lowest BCUT2D eigenvalue weighted by Crippen LogP contribution is -2.53. The lowest BCUT2D eigenvalue weighted by Gasteiger charge is -2.47. The van der Waals surface area contributed by atoms with Crippen molar-refractivity contribution in [3.63, 3.8) is 0 Å². The van der Waals surface area contributed by atoms with E-state index >= 15 is 0 Å². The first-order chi connectivity index (χ1) is 17.7. The molecule has 37 heavy (non-hydrogen) atoms. The predicted molar refractivity (Wildman–Crippen MR) is 147 cm³/mol. The Morgan fingerprint density at radius 3 is 2.35 bits per heavy atom. The van der Waals surface area contributed by atoms with Crippen molar-refractivity contribution in [3.8, 4) is 0 Å². The lowest BCUT2D eigenvalue weighted by molar-refractivity contribution is -0.144. The Bertz CT molecular complexity index is 1380. The van der Waals surface area contributed by atoms with Crippen LogP contribution in [-0.2, 0) is 26.5 Å². The number of hydrogen-bond donors (Lipinski definition) is 2. The molecule has 5 rings (SSSR count). The second-order valence-electron chi connectivity index (χ2n) is 10.5. The van der Waals surface area contributed by atoms with Gasteiger partial charge in [-0.2, -0.15) is 0 Å². The molecular formula is C30H32ClNO4S. The van der Waals surface area contributed by atoms with E-state index in [1.807, 2.05) is 18.2 Å². The molecule has 1 saturated carbocycles. The molecule has 0 bridgehead atoms. The highest BCUT2D eigenvalue weighted by atomic mass is 35.5. The van der Waals surface area contributed by atoms with Crippen molar-refractivity contribution in [2.24, 2.45) is 5.92 Å². The molecule has 3 aromatic carbocycles. The zero-order chi connectivity index (χ0) is 26.1. The number of fused-ring (bicyclic) bond motifs is 2. The molecule has 1 spiro atoms. The number of halogens is 1. The highest BCUT2D eigenvalue weighted by Gasteiger charge is 2.53. The van der Waals surface area contributed by atoms with Crippen LogP contribution in [0.3, 0.4) is 0 Å². The fourth-order valence-electron chi connectivity index (χ4n) is 6.54. The third-order valence-corrected chi connectivity index (χ3v) is 10.5. The van der Waals surface area contributed by atoms with Gasteiger partial charge in [-0.25, -0.2) is 13.2 Å². The van der Waals surface area contributed by atoms with E-state index in [0.29, 0.717) is 34.9 Å². The number of nitrogens with one attached hydrogen (secondary N) is 1. The smallest absolute Gasteiger partial charge is 0.329 e. The van der Waals surface area contributed by atoms with E-state index < -0.39 is 21.3 Å². The minimum Gasteiger partial charge on any atom is -0.480 e. The van der Waals surface area contributed by atoms with Crippen molar-refractivity contribution < 1.29 is 18.3 Å². The molecule has 0 aliphatic heterocycles. The second-order valence-corrected chi connectivity index (χ2v) is 13.1. The maximum Gasteiger partial charge on any atom is 0.329 e. The molecule has 1 unspecified atom stereocenters. The molecular weight excluding hydrogens is 506 g/mol. The van der Waals surface area contributed by atoms with Crippen LogP contribution in [0.4, 0.5) is 5.69 Å². The first-order valence-electron chi connectivity index (χ1n) is 12.9. The van der Waals surface area contributed by atoms with Crippen LogP contribution in [-0.4, -0.2) is 30.8 Å². The van der Waals surface area contributed by atoms with Crippen molar-refractivity contribution in [1.82, 2.24) is 0 Å². The van der Waals surface area contributed by atoms with E-state index in [1.54, 1.807) is 36.4 Å². The molecule has 0 saturated heterocycles. The summed E-state index contributed by atoms with van der Waals surface area (Å²) in [4.78, 5) is 12.9. The van der Waals surface area contributed by atoms with Crippen molar-refractivity contribution in [3.05, 3.63) is 95.0 Å². The molecule has 1 atom stereocenters. The van der Waals surface area contributed by atoms with Crippen LogP contribution in [0.2, 0.25) is 5.02 Å². The van der Waals surface area contributed by atoms with E-state index in [-0.39, 0.29) is 17.1 Å². The monoisotopic (exact) mass is 537 g/mol. The Hall–Kier alpha value is -2.83. The molecule has 0 aromatic heterocycles. The van der Waals surface area contributed by atoms with E-state index in [2.05, 4.69) is 29.6 Å². The summed E-state index contributed by atoms with van der Waals surface area (Å²) in [6.45, 7) is 0. The Labute approximate surface area is 223 Å². The number of carboxylic acids is 1. The predicted octanol–water partition coefficient (Wildman–Crippen LogP) is 6.51. The molecule has 2 aliphatic carbocycles. The number of benzene rings is 3. The molecule has 0 heterocycles. The SMILES string of the molecule is O=C(O)C1(Nc2cccc(Cl)c2)CCC2(CC1)c1ccccc1CC2CCCS(=O)(=O)c1ccccc1. The van der Waals surface area contributed by atoms with Crippen LogP contribution in [0.5, 0.6) is 0 Å². The molecule has 5 nitrogen and oxygen atoms in total. The van der Waals surface area contributed by atoms with Crippen molar-refractivity contribution in [1.29, 1.82) is 0 Å². The first-order valence-corrected chi connectivity index (χ1v) is 14.9. The highest BCUT2D eigenvalue weighted by Crippen LogP contribution is 2.55. The first kappa shape index (κ1) is 25.8. The Balaban J connectivity index is 1.35. The van der Waals surface area contributed by atoms with Crippen LogP contribution >= 0.6 is 11.6 Å². The molecule has 0 radical (unpaired) electrons. The zero-order valence-electron chi connectivity index (χ0n) is 20.7. The van der Waals surface area contributed by atoms with Gasteiger partial charge in [0.1, 0.15) is 5.54 Å². The summed E-state index contributed by atoms with van der Waals surface area (Å²) in [5.41, 5.74) is 2.13. The standard InChI is InChI=1S/C30H32ClNO4S/c31-24-10-6-11-25(21-24)32-30(28(33)34)17-15-29(16-18-30)23(20-22-8-4-5-14-27(22)29)9-7-19-37(35,36)26-12-2-1-3-13-26/h1-6,8,10-14,21,23,32H,7,9,15-20H2,(H,33,34). The van der Waals surface area contributed by atoms with E-state index in [4.69, 9.17) is 11.6 Å². The summed E-state index contributed by atoms with van der Waals surface area (Å²) in [7, 11) is -3.33. The van der Waals surface area contributed by atoms with Gasteiger partial charge in [0.25, 0.3) is 0 Å². The topological polar surface area (TPSA) is 83.5 Å². The molecule has 1 fully saturated rings. The maximum absolute atomic E-state index is 12.9. The summed E-state index contributed by atoms with van der Waals surface area (Å²) in [5.74, 6) is -0.442. The van der Waals surface area contributed by atoms with Gasteiger partial charge in [0.05, 0.1) is 10.6 Å². The van der Waals surface area contributed by atoms with Gasteiger partial charge >= 0.3 is 5.97 Å². The van der Waals surface area contributed by atoms with Crippen LogP contribution in [0, 0.1) is 5.92 Å². The maximum atomic E-state index is 12.9. The molecule has 2 N–H and O–H groups in total. The number of sulfone groups is 1. The molecule has 3 aromatic rings. The summed E-state index contributed by atoms with van der Waals surface area (Å²) >= 11 is 6.15. The van der Waals surface area contributed by atoms with Crippen molar-refractivity contribution >= 4 is 33.1 Å². The Kier molecular flexibility index (Phi) is 7.08. The summed E-state index contributed by atoms with van der Waals surface area (Å²) < 4.78 is 25.7. The minimum absolute atomic E-state index is 0.120. The largest absolute Gasteiger partial charge is 0.480 e. The zero-order valence-corrected chi connectivity index (χ0v) is 22.3. The average molecular weight is 538 g/mol. The van der Waals surface area contributed by atoms with Crippen molar-refractivity contribution in [2.75, 3.05) is 11.1 Å². The van der Waals surface area contributed by atoms with Crippen LogP contribution in [0.15, 0.2) is 83.8 Å². The van der Waals surface area contributed by atoms with Crippen molar-refractivity contribution in [2.45, 2.75) is 60.8 Å². The average Bonchev–Trinajstić information content (AvgIpc) is 3.19. The summed E-state index contributed by atoms with van der Waals surface area (Å²) in [6, 6.07) is 24.3. The summed E-state index contributed by atoms with van der Waals surface area (Å²) in [5, 5.41) is 14.1.